The molecule has 1 aliphatic heterocycles. The van der Waals surface area contributed by atoms with E-state index < -0.39 is 0 Å². The second-order valence-electron chi connectivity index (χ2n) is 4.44. The predicted octanol–water partition coefficient (Wildman–Crippen LogP) is 2.86. The van der Waals surface area contributed by atoms with Crippen molar-refractivity contribution < 1.29 is 4.39 Å². The molecule has 1 atom stereocenters. The molecule has 0 saturated carbocycles. The predicted molar refractivity (Wildman–Crippen MR) is 80.0 cm³/mol. The molecule has 0 amide bonds. The summed E-state index contributed by atoms with van der Waals surface area (Å²) < 4.78 is 14.9. The summed E-state index contributed by atoms with van der Waals surface area (Å²) in [4.78, 5) is 10.3. The first-order chi connectivity index (χ1) is 9.66. The lowest BCUT2D eigenvalue weighted by molar-refractivity contribution is 0.618. The Balaban J connectivity index is 2.01. The molecule has 6 heteroatoms. The molecule has 0 fully saturated rings. The Morgan fingerprint density at radius 2 is 2.05 bits per heavy atom. The molecule has 4 nitrogen and oxygen atoms in total. The van der Waals surface area contributed by atoms with Crippen LogP contribution in [0.2, 0.25) is 0 Å². The van der Waals surface area contributed by atoms with Gasteiger partial charge in [0, 0.05) is 10.7 Å². The van der Waals surface area contributed by atoms with Crippen molar-refractivity contribution >= 4 is 27.6 Å². The molecule has 0 saturated heterocycles. The average Bonchev–Trinajstić information content (AvgIpc) is 2.82. The first-order valence-electron chi connectivity index (χ1n) is 6.12. The summed E-state index contributed by atoms with van der Waals surface area (Å²) in [5, 5.41) is 0. The molecule has 1 aromatic carbocycles. The van der Waals surface area contributed by atoms with E-state index >= 15 is 0 Å². The van der Waals surface area contributed by atoms with Crippen LogP contribution in [-0.4, -0.2) is 17.5 Å². The number of rotatable bonds is 2. The third-order valence-corrected chi connectivity index (χ3v) is 3.66. The molecule has 2 N–H and O–H groups in total. The van der Waals surface area contributed by atoms with Crippen molar-refractivity contribution in [2.45, 2.75) is 6.04 Å². The fourth-order valence-corrected chi connectivity index (χ4v) is 2.48. The number of benzene rings is 1. The molecule has 0 spiro atoms. The minimum atomic E-state index is -0.324. The summed E-state index contributed by atoms with van der Waals surface area (Å²) in [5.74, 6) is -0.0144. The van der Waals surface area contributed by atoms with Crippen LogP contribution >= 0.6 is 15.9 Å². The standard InChI is InChI=1S/C14H12BrFN4/c15-9-5-6-11(18-7-9)13-8-19-14(17)20(13)12-4-2-1-3-10(12)16/h1-7,13H,8H2,(H2,17,19). The Hall–Kier alpha value is -1.95. The van der Waals surface area contributed by atoms with Crippen molar-refractivity contribution in [3.63, 3.8) is 0 Å². The molecule has 0 aliphatic carbocycles. The zero-order chi connectivity index (χ0) is 14.1. The van der Waals surface area contributed by atoms with Gasteiger partial charge in [-0.3, -0.25) is 14.9 Å². The molecule has 1 aromatic heterocycles. The second-order valence-corrected chi connectivity index (χ2v) is 5.35. The normalized spacial score (nSPS) is 18.2. The average molecular weight is 335 g/mol. The van der Waals surface area contributed by atoms with Crippen LogP contribution < -0.4 is 10.6 Å². The van der Waals surface area contributed by atoms with Gasteiger partial charge in [0.1, 0.15) is 5.82 Å². The molecular formula is C14H12BrFN4. The largest absolute Gasteiger partial charge is 0.369 e. The van der Waals surface area contributed by atoms with E-state index in [1.807, 2.05) is 12.1 Å². The van der Waals surface area contributed by atoms with E-state index in [0.717, 1.165) is 10.2 Å². The molecule has 2 heterocycles. The van der Waals surface area contributed by atoms with Gasteiger partial charge in [0.05, 0.1) is 24.0 Å². The molecule has 102 valence electrons. The Bertz CT molecular complexity index is 656. The number of hydrogen-bond acceptors (Lipinski definition) is 4. The van der Waals surface area contributed by atoms with E-state index in [-0.39, 0.29) is 11.9 Å². The van der Waals surface area contributed by atoms with Crippen LogP contribution in [0.5, 0.6) is 0 Å². The maximum absolute atomic E-state index is 14.0. The summed E-state index contributed by atoms with van der Waals surface area (Å²) in [7, 11) is 0. The molecule has 1 unspecified atom stereocenters. The van der Waals surface area contributed by atoms with Gasteiger partial charge >= 0.3 is 0 Å². The third-order valence-electron chi connectivity index (χ3n) is 3.19. The Morgan fingerprint density at radius 3 is 2.75 bits per heavy atom. The number of nitrogens with zero attached hydrogens (tertiary/aromatic N) is 3. The lowest BCUT2D eigenvalue weighted by atomic mass is 10.1. The zero-order valence-corrected chi connectivity index (χ0v) is 12.1. The van der Waals surface area contributed by atoms with Crippen molar-refractivity contribution in [3.05, 3.63) is 58.6 Å². The van der Waals surface area contributed by atoms with E-state index in [9.17, 15) is 4.39 Å². The molecule has 0 radical (unpaired) electrons. The minimum Gasteiger partial charge on any atom is -0.369 e. The summed E-state index contributed by atoms with van der Waals surface area (Å²) in [5.41, 5.74) is 7.13. The van der Waals surface area contributed by atoms with E-state index in [0.29, 0.717) is 18.2 Å². The molecular weight excluding hydrogens is 323 g/mol. The Kier molecular flexibility index (Phi) is 3.40. The highest BCUT2D eigenvalue weighted by molar-refractivity contribution is 9.10. The van der Waals surface area contributed by atoms with Gasteiger partial charge in [0.25, 0.3) is 0 Å². The molecule has 3 rings (SSSR count). The van der Waals surface area contributed by atoms with Crippen LogP contribution in [0, 0.1) is 5.82 Å². The van der Waals surface area contributed by atoms with Crippen LogP contribution in [0.1, 0.15) is 11.7 Å². The number of anilines is 1. The summed E-state index contributed by atoms with van der Waals surface area (Å²) in [6.07, 6.45) is 1.71. The highest BCUT2D eigenvalue weighted by Gasteiger charge is 2.31. The van der Waals surface area contributed by atoms with Crippen LogP contribution in [0.15, 0.2) is 52.1 Å². The zero-order valence-electron chi connectivity index (χ0n) is 10.5. The highest BCUT2D eigenvalue weighted by atomic mass is 79.9. The van der Waals surface area contributed by atoms with Crippen molar-refractivity contribution in [1.82, 2.24) is 4.98 Å². The number of para-hydroxylation sites is 1. The number of aromatic nitrogens is 1. The van der Waals surface area contributed by atoms with E-state index in [2.05, 4.69) is 25.9 Å². The Labute approximate surface area is 124 Å². The second kappa shape index (κ2) is 5.20. The van der Waals surface area contributed by atoms with Gasteiger partial charge in [0.15, 0.2) is 5.96 Å². The maximum atomic E-state index is 14.0. The van der Waals surface area contributed by atoms with Gasteiger partial charge in [-0.2, -0.15) is 0 Å². The summed E-state index contributed by atoms with van der Waals surface area (Å²) >= 11 is 3.35. The SMILES string of the molecule is NC1=NCC(c2ccc(Br)cn2)N1c1ccccc1F. The first kappa shape index (κ1) is 13.1. The lowest BCUT2D eigenvalue weighted by Gasteiger charge is -2.26. The monoisotopic (exact) mass is 334 g/mol. The molecule has 20 heavy (non-hydrogen) atoms. The first-order valence-corrected chi connectivity index (χ1v) is 6.91. The molecule has 1 aliphatic rings. The number of aliphatic imine (C=N–C) groups is 1. The van der Waals surface area contributed by atoms with Crippen LogP contribution in [0.4, 0.5) is 10.1 Å². The van der Waals surface area contributed by atoms with Crippen molar-refractivity contribution in [2.75, 3.05) is 11.4 Å². The van der Waals surface area contributed by atoms with Crippen LogP contribution in [0.3, 0.4) is 0 Å². The quantitative estimate of drug-likeness (QED) is 0.918. The fourth-order valence-electron chi connectivity index (χ4n) is 2.25. The van der Waals surface area contributed by atoms with Crippen molar-refractivity contribution in [3.8, 4) is 0 Å². The van der Waals surface area contributed by atoms with Gasteiger partial charge in [-0.05, 0) is 40.2 Å². The number of pyridine rings is 1. The van der Waals surface area contributed by atoms with Gasteiger partial charge in [0.2, 0.25) is 0 Å². The Morgan fingerprint density at radius 1 is 1.25 bits per heavy atom. The topological polar surface area (TPSA) is 54.5 Å². The van der Waals surface area contributed by atoms with E-state index in [4.69, 9.17) is 5.73 Å². The number of nitrogens with two attached hydrogens (primary N) is 1. The van der Waals surface area contributed by atoms with Crippen molar-refractivity contribution in [1.29, 1.82) is 0 Å². The molecule has 0 bridgehead atoms. The van der Waals surface area contributed by atoms with Crippen LogP contribution in [0.25, 0.3) is 0 Å². The number of hydrogen-bond donors (Lipinski definition) is 1. The van der Waals surface area contributed by atoms with Crippen LogP contribution in [-0.2, 0) is 0 Å². The summed E-state index contributed by atoms with van der Waals surface area (Å²) in [6, 6.07) is 10.1. The van der Waals surface area contributed by atoms with Gasteiger partial charge in [-0.15, -0.1) is 0 Å². The highest BCUT2D eigenvalue weighted by Crippen LogP contribution is 2.31. The maximum Gasteiger partial charge on any atom is 0.196 e. The van der Waals surface area contributed by atoms with E-state index in [1.165, 1.54) is 6.07 Å². The molecule has 2 aromatic rings. The van der Waals surface area contributed by atoms with Crippen molar-refractivity contribution in [2.24, 2.45) is 10.7 Å². The van der Waals surface area contributed by atoms with Gasteiger partial charge in [-0.1, -0.05) is 12.1 Å². The number of guanidine groups is 1. The van der Waals surface area contributed by atoms with Gasteiger partial charge in [-0.25, -0.2) is 4.39 Å². The van der Waals surface area contributed by atoms with E-state index in [1.54, 1.807) is 29.3 Å². The minimum absolute atomic E-state index is 0.181. The fraction of sp³-hybridized carbons (Fsp3) is 0.143. The number of halogens is 2. The van der Waals surface area contributed by atoms with Gasteiger partial charge < -0.3 is 5.73 Å². The third kappa shape index (κ3) is 2.27. The summed E-state index contributed by atoms with van der Waals surface area (Å²) in [6.45, 7) is 0.467. The smallest absolute Gasteiger partial charge is 0.196 e. The lowest BCUT2D eigenvalue weighted by Crippen LogP contribution is -2.37.